The van der Waals surface area contributed by atoms with Crippen LogP contribution >= 0.6 is 0 Å². The van der Waals surface area contributed by atoms with Crippen LogP contribution in [0.25, 0.3) is 0 Å². The highest BCUT2D eigenvalue weighted by Gasteiger charge is 2.31. The van der Waals surface area contributed by atoms with Crippen LogP contribution < -0.4 is 15.8 Å². The number of hydrogen-bond acceptors (Lipinski definition) is 3. The third-order valence-electron chi connectivity index (χ3n) is 3.06. The average Bonchev–Trinajstić information content (AvgIpc) is 2.47. The average molecular weight is 386 g/mol. The molecule has 0 heterocycles. The van der Waals surface area contributed by atoms with Crippen LogP contribution in [-0.4, -0.2) is 50.1 Å². The van der Waals surface area contributed by atoms with Crippen LogP contribution in [0.2, 0.25) is 0 Å². The molecule has 26 heavy (non-hydrogen) atoms. The number of hydrogen-bond donors (Lipinski definition) is 2. The second kappa shape index (κ2) is 9.51. The Hall–Kier alpha value is -2.17. The molecule has 0 aliphatic rings. The van der Waals surface area contributed by atoms with Gasteiger partial charge in [-0.05, 0) is 37.7 Å². The minimum atomic E-state index is -4.75. The first-order chi connectivity index (χ1) is 11.9. The number of benzene rings is 1. The predicted molar refractivity (Wildman–Crippen MR) is 84.6 cm³/mol. The smallest absolute Gasteiger partial charge is 0.406 e. The van der Waals surface area contributed by atoms with E-state index >= 15 is 0 Å². The number of nitrogens with zero attached hydrogens (tertiary/aromatic N) is 2. The molecule has 1 aromatic rings. The van der Waals surface area contributed by atoms with E-state index in [1.54, 1.807) is 0 Å². The highest BCUT2D eigenvalue weighted by molar-refractivity contribution is 5.77. The van der Waals surface area contributed by atoms with E-state index < -0.39 is 19.1 Å². The lowest BCUT2D eigenvalue weighted by Crippen LogP contribution is -2.36. The van der Waals surface area contributed by atoms with Crippen LogP contribution in [0, 0.1) is 0 Å². The SMILES string of the molecule is CN(CCCNC(N)=NCc1ccc(OC(F)(F)F)cc1)CC(F)(F)F. The molecule has 148 valence electrons. The minimum Gasteiger partial charge on any atom is -0.406 e. The number of aliphatic imine (C=N–C) groups is 1. The van der Waals surface area contributed by atoms with Gasteiger partial charge in [-0.15, -0.1) is 13.2 Å². The molecule has 0 bridgehead atoms. The quantitative estimate of drug-likeness (QED) is 0.312. The van der Waals surface area contributed by atoms with Crippen molar-refractivity contribution < 1.29 is 31.1 Å². The first kappa shape index (κ1) is 21.9. The molecular formula is C15H20F6N4O. The molecule has 0 aliphatic carbocycles. The molecule has 0 aliphatic heterocycles. The van der Waals surface area contributed by atoms with E-state index in [9.17, 15) is 26.3 Å². The van der Waals surface area contributed by atoms with Crippen molar-refractivity contribution in [3.63, 3.8) is 0 Å². The highest BCUT2D eigenvalue weighted by atomic mass is 19.4. The van der Waals surface area contributed by atoms with E-state index in [1.807, 2.05) is 0 Å². The van der Waals surface area contributed by atoms with Crippen molar-refractivity contribution in [1.29, 1.82) is 0 Å². The third kappa shape index (κ3) is 10.6. The van der Waals surface area contributed by atoms with Gasteiger partial charge >= 0.3 is 12.5 Å². The Labute approximate surface area is 146 Å². The molecule has 0 atom stereocenters. The van der Waals surface area contributed by atoms with Gasteiger partial charge in [0.25, 0.3) is 0 Å². The van der Waals surface area contributed by atoms with Gasteiger partial charge in [-0.25, -0.2) is 4.99 Å². The molecule has 0 radical (unpaired) electrons. The zero-order chi connectivity index (χ0) is 19.8. The van der Waals surface area contributed by atoms with Crippen molar-refractivity contribution >= 4 is 5.96 Å². The van der Waals surface area contributed by atoms with E-state index in [4.69, 9.17) is 5.73 Å². The highest BCUT2D eigenvalue weighted by Crippen LogP contribution is 2.22. The summed E-state index contributed by atoms with van der Waals surface area (Å²) in [6, 6.07) is 5.17. The summed E-state index contributed by atoms with van der Waals surface area (Å²) in [5.41, 5.74) is 6.24. The fraction of sp³-hybridized carbons (Fsp3) is 0.533. The summed E-state index contributed by atoms with van der Waals surface area (Å²) in [5, 5.41) is 2.76. The summed E-state index contributed by atoms with van der Waals surface area (Å²) in [7, 11) is 1.37. The van der Waals surface area contributed by atoms with Gasteiger partial charge in [0.15, 0.2) is 5.96 Å². The molecule has 0 fully saturated rings. The van der Waals surface area contributed by atoms with Crippen molar-refractivity contribution in [3.8, 4) is 5.75 Å². The molecule has 1 aromatic carbocycles. The van der Waals surface area contributed by atoms with E-state index in [2.05, 4.69) is 15.0 Å². The fourth-order valence-corrected chi connectivity index (χ4v) is 1.98. The van der Waals surface area contributed by atoms with Crippen molar-refractivity contribution in [3.05, 3.63) is 29.8 Å². The topological polar surface area (TPSA) is 62.9 Å². The Morgan fingerprint density at radius 2 is 1.77 bits per heavy atom. The normalized spacial score (nSPS) is 13.2. The zero-order valence-electron chi connectivity index (χ0n) is 14.0. The second-order valence-electron chi connectivity index (χ2n) is 5.53. The molecule has 1 rings (SSSR count). The van der Waals surface area contributed by atoms with Gasteiger partial charge < -0.3 is 15.8 Å². The van der Waals surface area contributed by atoms with Gasteiger partial charge in [-0.2, -0.15) is 13.2 Å². The first-order valence-electron chi connectivity index (χ1n) is 7.58. The lowest BCUT2D eigenvalue weighted by Gasteiger charge is -2.18. The Balaban J connectivity index is 2.31. The van der Waals surface area contributed by atoms with Crippen LogP contribution in [0.5, 0.6) is 5.75 Å². The summed E-state index contributed by atoms with van der Waals surface area (Å²) in [6.45, 7) is -0.264. The van der Waals surface area contributed by atoms with Crippen LogP contribution in [-0.2, 0) is 6.54 Å². The van der Waals surface area contributed by atoms with Crippen molar-refractivity contribution in [1.82, 2.24) is 10.2 Å². The monoisotopic (exact) mass is 386 g/mol. The molecule has 11 heteroatoms. The lowest BCUT2D eigenvalue weighted by atomic mass is 10.2. The van der Waals surface area contributed by atoms with Crippen molar-refractivity contribution in [2.45, 2.75) is 25.5 Å². The molecule has 0 saturated heterocycles. The van der Waals surface area contributed by atoms with E-state index in [0.717, 1.165) is 4.90 Å². The third-order valence-corrected chi connectivity index (χ3v) is 3.06. The maximum absolute atomic E-state index is 12.2. The maximum Gasteiger partial charge on any atom is 0.573 e. The van der Waals surface area contributed by atoms with Crippen LogP contribution in [0.3, 0.4) is 0 Å². The molecule has 0 unspecified atom stereocenters. The number of alkyl halides is 6. The summed E-state index contributed by atoms with van der Waals surface area (Å²) >= 11 is 0. The number of halogens is 6. The zero-order valence-corrected chi connectivity index (χ0v) is 14.0. The van der Waals surface area contributed by atoms with Crippen LogP contribution in [0.1, 0.15) is 12.0 Å². The Morgan fingerprint density at radius 3 is 2.31 bits per heavy atom. The fourth-order valence-electron chi connectivity index (χ4n) is 1.98. The summed E-state index contributed by atoms with van der Waals surface area (Å²) < 4.78 is 76.3. The van der Waals surface area contributed by atoms with Gasteiger partial charge in [0.1, 0.15) is 5.75 Å². The lowest BCUT2D eigenvalue weighted by molar-refractivity contribution is -0.274. The van der Waals surface area contributed by atoms with E-state index in [0.29, 0.717) is 18.5 Å². The molecule has 3 N–H and O–H groups in total. The minimum absolute atomic E-state index is 0.0964. The second-order valence-corrected chi connectivity index (χ2v) is 5.53. The van der Waals surface area contributed by atoms with Gasteiger partial charge in [-0.1, -0.05) is 12.1 Å². The number of nitrogens with two attached hydrogens (primary N) is 1. The molecule has 0 aromatic heterocycles. The molecule has 0 amide bonds. The Bertz CT molecular complexity index is 571. The largest absolute Gasteiger partial charge is 0.573 e. The van der Waals surface area contributed by atoms with Crippen LogP contribution in [0.4, 0.5) is 26.3 Å². The maximum atomic E-state index is 12.2. The molecule has 5 nitrogen and oxygen atoms in total. The standard InChI is InChI=1S/C15H20F6N4O/c1-25(10-14(16,17)18)8-2-7-23-13(22)24-9-11-3-5-12(6-4-11)26-15(19,20)21/h3-6H,2,7-10H2,1H3,(H3,22,23,24). The van der Waals surface area contributed by atoms with E-state index in [-0.39, 0.29) is 24.8 Å². The van der Waals surface area contributed by atoms with Gasteiger partial charge in [0, 0.05) is 6.54 Å². The van der Waals surface area contributed by atoms with Crippen molar-refractivity contribution in [2.24, 2.45) is 10.7 Å². The van der Waals surface area contributed by atoms with Gasteiger partial charge in [-0.3, -0.25) is 4.90 Å². The molecule has 0 spiro atoms. The van der Waals surface area contributed by atoms with E-state index in [1.165, 1.54) is 31.3 Å². The number of nitrogens with one attached hydrogen (secondary N) is 1. The number of rotatable bonds is 8. The number of ether oxygens (including phenoxy) is 1. The van der Waals surface area contributed by atoms with Gasteiger partial charge in [0.05, 0.1) is 13.1 Å². The Kier molecular flexibility index (Phi) is 8.00. The number of guanidine groups is 1. The predicted octanol–water partition coefficient (Wildman–Crippen LogP) is 2.87. The Morgan fingerprint density at radius 1 is 1.15 bits per heavy atom. The van der Waals surface area contributed by atoms with Crippen LogP contribution in [0.15, 0.2) is 29.3 Å². The summed E-state index contributed by atoms with van der Waals surface area (Å²) in [6.07, 6.45) is -8.54. The van der Waals surface area contributed by atoms with Crippen molar-refractivity contribution in [2.75, 3.05) is 26.7 Å². The first-order valence-corrected chi connectivity index (χ1v) is 7.58. The summed E-state index contributed by atoms with van der Waals surface area (Å²) in [4.78, 5) is 5.15. The summed E-state index contributed by atoms with van der Waals surface area (Å²) in [5.74, 6) is -0.238. The van der Waals surface area contributed by atoms with Gasteiger partial charge in [0.2, 0.25) is 0 Å². The molecule has 0 saturated carbocycles. The molecular weight excluding hydrogens is 366 g/mol.